The Kier molecular flexibility index (Phi) is 2.22. The molecule has 1 heterocycles. The smallest absolute Gasteiger partial charge is 0.131 e. The molecule has 0 aromatic carbocycles. The molecule has 3 nitrogen and oxygen atoms in total. The average molecular weight is 164 g/mol. The van der Waals surface area contributed by atoms with Gasteiger partial charge in [0.1, 0.15) is 6.29 Å². The van der Waals surface area contributed by atoms with Gasteiger partial charge in [-0.1, -0.05) is 0 Å². The molecule has 0 atom stereocenters. The zero-order valence-electron chi connectivity index (χ0n) is 7.53. The van der Waals surface area contributed by atoms with E-state index in [1.54, 1.807) is 12.4 Å². The van der Waals surface area contributed by atoms with Gasteiger partial charge in [0.15, 0.2) is 0 Å². The van der Waals surface area contributed by atoms with E-state index in [0.29, 0.717) is 0 Å². The van der Waals surface area contributed by atoms with Crippen LogP contribution in [-0.4, -0.2) is 16.3 Å². The number of aryl methyl sites for hydroxylation is 1. The van der Waals surface area contributed by atoms with Gasteiger partial charge >= 0.3 is 0 Å². The van der Waals surface area contributed by atoms with Crippen molar-refractivity contribution in [2.45, 2.75) is 26.2 Å². The van der Waals surface area contributed by atoms with Crippen LogP contribution in [0, 0.1) is 6.92 Å². The highest BCUT2D eigenvalue weighted by Crippen LogP contribution is 2.19. The van der Waals surface area contributed by atoms with Crippen LogP contribution < -0.4 is 0 Å². The lowest BCUT2D eigenvalue weighted by atomic mass is 9.90. The van der Waals surface area contributed by atoms with Crippen molar-refractivity contribution in [3.8, 4) is 0 Å². The van der Waals surface area contributed by atoms with Crippen molar-refractivity contribution in [2.24, 2.45) is 0 Å². The molecule has 0 unspecified atom stereocenters. The van der Waals surface area contributed by atoms with Gasteiger partial charge in [0.05, 0.1) is 16.8 Å². The monoisotopic (exact) mass is 164 g/mol. The third-order valence-corrected chi connectivity index (χ3v) is 1.79. The maximum atomic E-state index is 10.7. The standard InChI is InChI=1S/C9H12N2O/c1-7-8(9(2,3)6-12)11-5-4-10-7/h4-6H,1-3H3. The topological polar surface area (TPSA) is 42.9 Å². The van der Waals surface area contributed by atoms with E-state index in [9.17, 15) is 4.79 Å². The minimum Gasteiger partial charge on any atom is -0.302 e. The van der Waals surface area contributed by atoms with Gasteiger partial charge in [0, 0.05) is 12.4 Å². The van der Waals surface area contributed by atoms with Crippen molar-refractivity contribution < 1.29 is 4.79 Å². The Morgan fingerprint density at radius 2 is 1.92 bits per heavy atom. The Morgan fingerprint density at radius 3 is 2.42 bits per heavy atom. The molecule has 0 aliphatic carbocycles. The van der Waals surface area contributed by atoms with Gasteiger partial charge < -0.3 is 4.79 Å². The van der Waals surface area contributed by atoms with Gasteiger partial charge in [0.2, 0.25) is 0 Å². The first kappa shape index (κ1) is 8.84. The summed E-state index contributed by atoms with van der Waals surface area (Å²) in [6.07, 6.45) is 4.12. The third-order valence-electron chi connectivity index (χ3n) is 1.79. The molecule has 0 amide bonds. The molecule has 0 spiro atoms. The minimum atomic E-state index is -0.529. The van der Waals surface area contributed by atoms with E-state index in [1.807, 2.05) is 20.8 Å². The molecule has 0 aliphatic rings. The molecule has 0 aliphatic heterocycles. The highest BCUT2D eigenvalue weighted by Gasteiger charge is 2.23. The maximum Gasteiger partial charge on any atom is 0.131 e. The van der Waals surface area contributed by atoms with E-state index in [2.05, 4.69) is 9.97 Å². The summed E-state index contributed by atoms with van der Waals surface area (Å²) in [5, 5.41) is 0. The number of aromatic nitrogens is 2. The van der Waals surface area contributed by atoms with Crippen LogP contribution in [0.2, 0.25) is 0 Å². The van der Waals surface area contributed by atoms with Crippen molar-refractivity contribution in [3.05, 3.63) is 23.8 Å². The van der Waals surface area contributed by atoms with Crippen molar-refractivity contribution in [2.75, 3.05) is 0 Å². The number of rotatable bonds is 2. The Balaban J connectivity index is 3.19. The average Bonchev–Trinajstić information content (AvgIpc) is 2.05. The summed E-state index contributed by atoms with van der Waals surface area (Å²) in [5.74, 6) is 0. The normalized spacial score (nSPS) is 11.2. The van der Waals surface area contributed by atoms with Crippen LogP contribution in [0.15, 0.2) is 12.4 Å². The quantitative estimate of drug-likeness (QED) is 0.618. The van der Waals surface area contributed by atoms with Gasteiger partial charge in [-0.25, -0.2) is 0 Å². The Morgan fingerprint density at radius 1 is 1.33 bits per heavy atom. The summed E-state index contributed by atoms with van der Waals surface area (Å²) < 4.78 is 0. The van der Waals surface area contributed by atoms with Gasteiger partial charge in [-0.3, -0.25) is 9.97 Å². The lowest BCUT2D eigenvalue weighted by molar-refractivity contribution is -0.111. The van der Waals surface area contributed by atoms with Crippen LogP contribution in [0.5, 0.6) is 0 Å². The highest BCUT2D eigenvalue weighted by atomic mass is 16.1. The summed E-state index contributed by atoms with van der Waals surface area (Å²) in [5.41, 5.74) is 1.04. The van der Waals surface area contributed by atoms with E-state index < -0.39 is 5.41 Å². The molecule has 1 aromatic heterocycles. The first-order chi connectivity index (χ1) is 5.58. The molecular formula is C9H12N2O. The van der Waals surface area contributed by atoms with E-state index in [-0.39, 0.29) is 0 Å². The first-order valence-electron chi connectivity index (χ1n) is 3.82. The molecule has 0 fully saturated rings. The molecule has 1 rings (SSSR count). The van der Waals surface area contributed by atoms with E-state index in [1.165, 1.54) is 0 Å². The van der Waals surface area contributed by atoms with Crippen LogP contribution in [0.25, 0.3) is 0 Å². The van der Waals surface area contributed by atoms with Crippen molar-refractivity contribution in [3.63, 3.8) is 0 Å². The zero-order valence-corrected chi connectivity index (χ0v) is 7.53. The molecule has 0 saturated heterocycles. The van der Waals surface area contributed by atoms with Crippen LogP contribution in [0.4, 0.5) is 0 Å². The van der Waals surface area contributed by atoms with Crippen LogP contribution in [0.3, 0.4) is 0 Å². The minimum absolute atomic E-state index is 0.529. The lowest BCUT2D eigenvalue weighted by Crippen LogP contribution is -2.22. The number of aldehydes is 1. The third kappa shape index (κ3) is 1.49. The van der Waals surface area contributed by atoms with Gasteiger partial charge in [-0.2, -0.15) is 0 Å². The largest absolute Gasteiger partial charge is 0.302 e. The van der Waals surface area contributed by atoms with Crippen LogP contribution in [0.1, 0.15) is 25.2 Å². The second-order valence-corrected chi connectivity index (χ2v) is 3.33. The first-order valence-corrected chi connectivity index (χ1v) is 3.82. The Hall–Kier alpha value is -1.25. The molecular weight excluding hydrogens is 152 g/mol. The Bertz CT molecular complexity index is 294. The number of carbonyl (C=O) groups is 1. The summed E-state index contributed by atoms with van der Waals surface area (Å²) in [6, 6.07) is 0. The zero-order chi connectivity index (χ0) is 9.19. The van der Waals surface area contributed by atoms with E-state index >= 15 is 0 Å². The SMILES string of the molecule is Cc1nccnc1C(C)(C)C=O. The second kappa shape index (κ2) is 3.01. The summed E-state index contributed by atoms with van der Waals surface area (Å²) in [4.78, 5) is 18.9. The van der Waals surface area contributed by atoms with Gasteiger partial charge in [-0.15, -0.1) is 0 Å². The predicted molar refractivity (Wildman–Crippen MR) is 45.9 cm³/mol. The molecule has 0 N–H and O–H groups in total. The number of hydrogen-bond acceptors (Lipinski definition) is 3. The molecule has 12 heavy (non-hydrogen) atoms. The van der Waals surface area contributed by atoms with Crippen LogP contribution >= 0.6 is 0 Å². The fourth-order valence-electron chi connectivity index (χ4n) is 1.10. The summed E-state index contributed by atoms with van der Waals surface area (Å²) in [7, 11) is 0. The second-order valence-electron chi connectivity index (χ2n) is 3.33. The van der Waals surface area contributed by atoms with Crippen molar-refractivity contribution >= 4 is 6.29 Å². The molecule has 3 heteroatoms. The Labute approximate surface area is 71.9 Å². The van der Waals surface area contributed by atoms with Crippen molar-refractivity contribution in [1.29, 1.82) is 0 Å². The fourth-order valence-corrected chi connectivity index (χ4v) is 1.10. The molecule has 0 bridgehead atoms. The molecule has 64 valence electrons. The van der Waals surface area contributed by atoms with Gasteiger partial charge in [0.25, 0.3) is 0 Å². The van der Waals surface area contributed by atoms with Crippen LogP contribution in [-0.2, 0) is 10.2 Å². The fraction of sp³-hybridized carbons (Fsp3) is 0.444. The molecule has 1 aromatic rings. The summed E-state index contributed by atoms with van der Waals surface area (Å²) >= 11 is 0. The van der Waals surface area contributed by atoms with Gasteiger partial charge in [-0.05, 0) is 20.8 Å². The highest BCUT2D eigenvalue weighted by molar-refractivity contribution is 5.66. The maximum absolute atomic E-state index is 10.7. The van der Waals surface area contributed by atoms with E-state index in [0.717, 1.165) is 17.7 Å². The number of hydrogen-bond donors (Lipinski definition) is 0. The van der Waals surface area contributed by atoms with Crippen molar-refractivity contribution in [1.82, 2.24) is 9.97 Å². The summed E-state index contributed by atoms with van der Waals surface area (Å²) in [6.45, 7) is 5.52. The van der Waals surface area contributed by atoms with E-state index in [4.69, 9.17) is 0 Å². The molecule has 0 radical (unpaired) electrons. The number of carbonyl (C=O) groups excluding carboxylic acids is 1. The predicted octanol–water partition coefficient (Wildman–Crippen LogP) is 1.26. The number of nitrogens with zero attached hydrogens (tertiary/aromatic N) is 2. The molecule has 0 saturated carbocycles. The lowest BCUT2D eigenvalue weighted by Gasteiger charge is -2.16.